The second kappa shape index (κ2) is 9.82. The van der Waals surface area contributed by atoms with Crippen LogP contribution in [0, 0.1) is 5.92 Å². The van der Waals surface area contributed by atoms with Gasteiger partial charge >= 0.3 is 0 Å². The van der Waals surface area contributed by atoms with Gasteiger partial charge in [0.15, 0.2) is 5.82 Å². The summed E-state index contributed by atoms with van der Waals surface area (Å²) in [4.78, 5) is 9.17. The van der Waals surface area contributed by atoms with Crippen LogP contribution < -0.4 is 0 Å². The lowest BCUT2D eigenvalue weighted by atomic mass is 9.77. The van der Waals surface area contributed by atoms with Crippen LogP contribution in [0.15, 0.2) is 48.8 Å². The number of aromatic nitrogens is 2. The molecule has 0 bridgehead atoms. The van der Waals surface area contributed by atoms with Gasteiger partial charge in [-0.2, -0.15) is 0 Å². The quantitative estimate of drug-likeness (QED) is 0.467. The van der Waals surface area contributed by atoms with Crippen LogP contribution in [0.4, 0.5) is 0 Å². The first-order valence-electron chi connectivity index (χ1n) is 10.8. The number of hydrogen-bond donors (Lipinski definition) is 0. The molecule has 0 N–H and O–H groups in total. The number of hydrogen-bond acceptors (Lipinski definition) is 2. The minimum absolute atomic E-state index is 0.738. The van der Waals surface area contributed by atoms with Gasteiger partial charge in [-0.15, -0.1) is 0 Å². The molecule has 2 aromatic rings. The second-order valence-corrected chi connectivity index (χ2v) is 8.15. The zero-order valence-corrected chi connectivity index (χ0v) is 17.1. The zero-order valence-electron chi connectivity index (χ0n) is 17.1. The van der Waals surface area contributed by atoms with Gasteiger partial charge in [-0.1, -0.05) is 63.1 Å². The highest BCUT2D eigenvalue weighted by Crippen LogP contribution is 2.37. The first kappa shape index (κ1) is 19.8. The highest BCUT2D eigenvalue weighted by Gasteiger charge is 2.21. The Kier molecular flexibility index (Phi) is 7.20. The van der Waals surface area contributed by atoms with Crippen molar-refractivity contribution >= 4 is 0 Å². The number of nitrogens with zero attached hydrogens (tertiary/aromatic N) is 2. The largest absolute Gasteiger partial charge is 0.236 e. The Morgan fingerprint density at radius 3 is 2.26 bits per heavy atom. The maximum atomic E-state index is 4.58. The lowest BCUT2D eigenvalue weighted by molar-refractivity contribution is 0.308. The van der Waals surface area contributed by atoms with Crippen molar-refractivity contribution in [3.05, 3.63) is 59.9 Å². The topological polar surface area (TPSA) is 25.8 Å². The van der Waals surface area contributed by atoms with E-state index in [0.717, 1.165) is 42.5 Å². The zero-order chi connectivity index (χ0) is 19.1. The maximum absolute atomic E-state index is 4.58. The average Bonchev–Trinajstić information content (AvgIpc) is 2.73. The molecule has 0 atom stereocenters. The van der Waals surface area contributed by atoms with Gasteiger partial charge in [-0.3, -0.25) is 0 Å². The summed E-state index contributed by atoms with van der Waals surface area (Å²) in [5, 5.41) is 0. The molecule has 1 aromatic carbocycles. The van der Waals surface area contributed by atoms with E-state index in [1.807, 2.05) is 12.4 Å². The summed E-state index contributed by atoms with van der Waals surface area (Å²) in [7, 11) is 0. The van der Waals surface area contributed by atoms with Gasteiger partial charge in [0.25, 0.3) is 0 Å². The molecule has 0 aliphatic heterocycles. The molecule has 27 heavy (non-hydrogen) atoms. The van der Waals surface area contributed by atoms with Crippen LogP contribution in [-0.2, 0) is 6.42 Å². The van der Waals surface area contributed by atoms with E-state index in [-0.39, 0.29) is 0 Å². The van der Waals surface area contributed by atoms with Gasteiger partial charge in [0.1, 0.15) is 0 Å². The molecule has 2 heteroatoms. The van der Waals surface area contributed by atoms with E-state index in [0.29, 0.717) is 0 Å². The van der Waals surface area contributed by atoms with Crippen LogP contribution >= 0.6 is 0 Å². The monoisotopic (exact) mass is 362 g/mol. The van der Waals surface area contributed by atoms with Gasteiger partial charge in [-0.25, -0.2) is 9.97 Å². The second-order valence-electron chi connectivity index (χ2n) is 8.15. The molecule has 3 rings (SSSR count). The Hall–Kier alpha value is -1.96. The minimum atomic E-state index is 0.738. The van der Waals surface area contributed by atoms with Gasteiger partial charge in [0.2, 0.25) is 0 Å². The first-order valence-corrected chi connectivity index (χ1v) is 10.8. The highest BCUT2D eigenvalue weighted by molar-refractivity contribution is 5.55. The fraction of sp³-hybridized carbons (Fsp3) is 0.520. The van der Waals surface area contributed by atoms with Crippen molar-refractivity contribution in [1.29, 1.82) is 0 Å². The Bertz CT molecular complexity index is 707. The van der Waals surface area contributed by atoms with Crippen LogP contribution in [0.3, 0.4) is 0 Å². The van der Waals surface area contributed by atoms with E-state index in [2.05, 4.69) is 54.7 Å². The van der Waals surface area contributed by atoms with Crippen molar-refractivity contribution in [2.75, 3.05) is 0 Å². The molecule has 1 aromatic heterocycles. The lowest BCUT2D eigenvalue weighted by Crippen LogP contribution is -2.13. The molecule has 1 aliphatic rings. The fourth-order valence-electron chi connectivity index (χ4n) is 4.23. The molecule has 0 saturated heterocycles. The Balaban J connectivity index is 1.58. The normalized spacial score (nSPS) is 19.8. The van der Waals surface area contributed by atoms with E-state index in [1.165, 1.54) is 55.2 Å². The average molecular weight is 363 g/mol. The van der Waals surface area contributed by atoms with Crippen molar-refractivity contribution in [1.82, 2.24) is 9.97 Å². The third-order valence-corrected chi connectivity index (χ3v) is 6.16. The molecule has 1 saturated carbocycles. The molecule has 1 heterocycles. The van der Waals surface area contributed by atoms with Gasteiger partial charge < -0.3 is 0 Å². The Morgan fingerprint density at radius 2 is 1.67 bits per heavy atom. The molecule has 1 fully saturated rings. The Labute approximate surface area is 165 Å². The fourth-order valence-corrected chi connectivity index (χ4v) is 4.23. The minimum Gasteiger partial charge on any atom is -0.236 e. The van der Waals surface area contributed by atoms with E-state index >= 15 is 0 Å². The summed E-state index contributed by atoms with van der Waals surface area (Å²) < 4.78 is 0. The van der Waals surface area contributed by atoms with E-state index in [1.54, 1.807) is 0 Å². The number of aryl methyl sites for hydroxylation is 1. The van der Waals surface area contributed by atoms with E-state index < -0.39 is 0 Å². The summed E-state index contributed by atoms with van der Waals surface area (Å²) in [6.07, 6.45) is 15.2. The molecule has 1 aliphatic carbocycles. The summed E-state index contributed by atoms with van der Waals surface area (Å²) in [5.41, 5.74) is 5.08. The summed E-state index contributed by atoms with van der Waals surface area (Å²) >= 11 is 0. The Morgan fingerprint density at radius 1 is 1.00 bits per heavy atom. The van der Waals surface area contributed by atoms with Crippen LogP contribution in [0.2, 0.25) is 0 Å². The molecular weight excluding hydrogens is 328 g/mol. The third kappa shape index (κ3) is 5.51. The van der Waals surface area contributed by atoms with Crippen LogP contribution in [0.25, 0.3) is 11.4 Å². The van der Waals surface area contributed by atoms with Crippen molar-refractivity contribution in [3.8, 4) is 11.4 Å². The van der Waals surface area contributed by atoms with Crippen molar-refractivity contribution in [2.24, 2.45) is 5.92 Å². The maximum Gasteiger partial charge on any atom is 0.159 e. The summed E-state index contributed by atoms with van der Waals surface area (Å²) in [5.74, 6) is 2.53. The molecule has 0 amide bonds. The predicted molar refractivity (Wildman–Crippen MR) is 115 cm³/mol. The number of allylic oxidation sites excluding steroid dienone is 1. The standard InChI is InChI=1S/C25H34N2/c1-4-6-20-9-11-22(12-10-20)23-13-15-24(16-14-23)25-26-17-21(18-27-25)8-7-19(3)5-2/h13-18,20,22H,3-12H2,1-2H3. The molecular formula is C25H34N2. The van der Waals surface area contributed by atoms with Crippen LogP contribution in [-0.4, -0.2) is 9.97 Å². The SMILES string of the molecule is C=C(CC)CCc1cnc(-c2ccc(C3CCC(CCC)CC3)cc2)nc1. The molecule has 2 nitrogen and oxygen atoms in total. The van der Waals surface area contributed by atoms with Crippen molar-refractivity contribution < 1.29 is 0 Å². The first-order chi connectivity index (χ1) is 13.2. The molecule has 0 unspecified atom stereocenters. The van der Waals surface area contributed by atoms with Gasteiger partial charge in [0.05, 0.1) is 0 Å². The van der Waals surface area contributed by atoms with Crippen molar-refractivity contribution in [2.45, 2.75) is 77.6 Å². The van der Waals surface area contributed by atoms with Gasteiger partial charge in [0, 0.05) is 18.0 Å². The van der Waals surface area contributed by atoms with Crippen molar-refractivity contribution in [3.63, 3.8) is 0 Å². The predicted octanol–water partition coefficient (Wildman–Crippen LogP) is 7.12. The van der Waals surface area contributed by atoms with Crippen LogP contribution in [0.1, 0.15) is 82.3 Å². The smallest absolute Gasteiger partial charge is 0.159 e. The molecule has 144 valence electrons. The van der Waals surface area contributed by atoms with Crippen LogP contribution in [0.5, 0.6) is 0 Å². The number of rotatable bonds is 8. The third-order valence-electron chi connectivity index (χ3n) is 6.16. The number of benzene rings is 1. The summed E-state index contributed by atoms with van der Waals surface area (Å²) in [6.45, 7) is 8.53. The highest BCUT2D eigenvalue weighted by atomic mass is 14.9. The lowest BCUT2D eigenvalue weighted by Gasteiger charge is -2.28. The summed E-state index contributed by atoms with van der Waals surface area (Å²) in [6, 6.07) is 8.98. The van der Waals surface area contributed by atoms with E-state index in [4.69, 9.17) is 0 Å². The van der Waals surface area contributed by atoms with E-state index in [9.17, 15) is 0 Å². The molecule has 0 radical (unpaired) electrons. The van der Waals surface area contributed by atoms with Gasteiger partial charge in [-0.05, 0) is 67.9 Å². The molecule has 0 spiro atoms.